The van der Waals surface area contributed by atoms with Crippen LogP contribution in [0, 0.1) is 0 Å². The van der Waals surface area contributed by atoms with E-state index in [1.807, 2.05) is 14.1 Å². The second-order valence-corrected chi connectivity index (χ2v) is 5.35. The van der Waals surface area contributed by atoms with E-state index in [1.165, 1.54) is 11.1 Å². The molecule has 0 bridgehead atoms. The Labute approximate surface area is 129 Å². The Kier molecular flexibility index (Phi) is 9.26. The van der Waals surface area contributed by atoms with Crippen molar-refractivity contribution in [3.8, 4) is 0 Å². The topological polar surface area (TPSA) is 32.3 Å². The van der Waals surface area contributed by atoms with Crippen LogP contribution in [0.25, 0.3) is 0 Å². The Morgan fingerprint density at radius 3 is 2.35 bits per heavy atom. The number of hydrogen-bond acceptors (Lipinski definition) is 2. The number of benzene rings is 1. The number of nitrogens with one attached hydrogen (secondary N) is 1. The Bertz CT molecular complexity index is 390. The zero-order valence-electron chi connectivity index (χ0n) is 13.0. The van der Waals surface area contributed by atoms with E-state index in [2.05, 4.69) is 43.4 Å². The number of nitrogens with zero attached hydrogens (tertiary/aromatic N) is 1. The van der Waals surface area contributed by atoms with Gasteiger partial charge in [-0.2, -0.15) is 0 Å². The lowest BCUT2D eigenvalue weighted by Crippen LogP contribution is -2.26. The monoisotopic (exact) mass is 298 g/mol. The van der Waals surface area contributed by atoms with Crippen molar-refractivity contribution >= 4 is 18.3 Å². The molecule has 0 heterocycles. The normalized spacial score (nSPS) is 10.2. The van der Waals surface area contributed by atoms with E-state index in [1.54, 1.807) is 4.90 Å². The molecule has 1 N–H and O–H groups in total. The van der Waals surface area contributed by atoms with Gasteiger partial charge in [-0.3, -0.25) is 4.79 Å². The number of halogens is 1. The van der Waals surface area contributed by atoms with Gasteiger partial charge in [0.2, 0.25) is 5.91 Å². The lowest BCUT2D eigenvalue weighted by atomic mass is 10.0. The third-order valence-electron chi connectivity index (χ3n) is 3.31. The molecule has 0 fully saturated rings. The minimum absolute atomic E-state index is 0. The Hall–Kier alpha value is -1.06. The summed E-state index contributed by atoms with van der Waals surface area (Å²) in [5, 5.41) is 3.06. The van der Waals surface area contributed by atoms with Crippen LogP contribution in [0.5, 0.6) is 0 Å². The van der Waals surface area contributed by atoms with E-state index in [0.717, 1.165) is 13.0 Å². The predicted octanol–water partition coefficient (Wildman–Crippen LogP) is 3.19. The Morgan fingerprint density at radius 2 is 1.85 bits per heavy atom. The molecule has 0 saturated carbocycles. The number of rotatable bonds is 7. The third kappa shape index (κ3) is 6.40. The van der Waals surface area contributed by atoms with Gasteiger partial charge in [-0.15, -0.1) is 12.4 Å². The molecule has 0 aliphatic rings. The Morgan fingerprint density at radius 1 is 1.25 bits per heavy atom. The molecule has 20 heavy (non-hydrogen) atoms. The predicted molar refractivity (Wildman–Crippen MR) is 87.4 cm³/mol. The molecule has 4 heteroatoms. The molecule has 0 spiro atoms. The fourth-order valence-electron chi connectivity index (χ4n) is 1.98. The van der Waals surface area contributed by atoms with Crippen molar-refractivity contribution < 1.29 is 4.79 Å². The van der Waals surface area contributed by atoms with Gasteiger partial charge in [0.05, 0.1) is 0 Å². The second-order valence-electron chi connectivity index (χ2n) is 5.35. The summed E-state index contributed by atoms with van der Waals surface area (Å²) >= 11 is 0. The molecule has 1 aromatic carbocycles. The summed E-state index contributed by atoms with van der Waals surface area (Å²) in [4.78, 5) is 13.7. The van der Waals surface area contributed by atoms with Gasteiger partial charge < -0.3 is 10.2 Å². The first kappa shape index (κ1) is 18.9. The summed E-state index contributed by atoms with van der Waals surface area (Å²) in [6.07, 6.45) is 1.51. The van der Waals surface area contributed by atoms with Gasteiger partial charge in [-0.05, 0) is 37.1 Å². The summed E-state index contributed by atoms with van der Waals surface area (Å²) < 4.78 is 0. The number of carbonyl (C=O) groups is 1. The van der Waals surface area contributed by atoms with E-state index >= 15 is 0 Å². The molecule has 0 unspecified atom stereocenters. The summed E-state index contributed by atoms with van der Waals surface area (Å²) in [5.74, 6) is 0.762. The summed E-state index contributed by atoms with van der Waals surface area (Å²) in [7, 11) is 3.78. The fraction of sp³-hybridized carbons (Fsp3) is 0.562. The highest BCUT2D eigenvalue weighted by Crippen LogP contribution is 2.15. The van der Waals surface area contributed by atoms with Gasteiger partial charge in [0.25, 0.3) is 0 Å². The minimum Gasteiger partial charge on any atom is -0.341 e. The van der Waals surface area contributed by atoms with E-state index in [4.69, 9.17) is 0 Å². The van der Waals surface area contributed by atoms with Crippen LogP contribution in [0.15, 0.2) is 24.3 Å². The molecule has 0 aromatic heterocycles. The number of carbonyl (C=O) groups excluding carboxylic acids is 1. The average Bonchev–Trinajstić information content (AvgIpc) is 2.39. The summed E-state index contributed by atoms with van der Waals surface area (Å²) in [5.41, 5.74) is 2.53. The van der Waals surface area contributed by atoms with Gasteiger partial charge in [0.15, 0.2) is 0 Å². The summed E-state index contributed by atoms with van der Waals surface area (Å²) in [6, 6.07) is 8.54. The number of hydrogen-bond donors (Lipinski definition) is 1. The molecular formula is C16H27ClN2O. The zero-order valence-corrected chi connectivity index (χ0v) is 13.8. The van der Waals surface area contributed by atoms with Crippen molar-refractivity contribution in [2.24, 2.45) is 0 Å². The molecule has 3 nitrogen and oxygen atoms in total. The highest BCUT2D eigenvalue weighted by atomic mass is 35.5. The molecule has 0 radical (unpaired) electrons. The highest BCUT2D eigenvalue weighted by Gasteiger charge is 2.08. The van der Waals surface area contributed by atoms with Crippen LogP contribution in [0.2, 0.25) is 0 Å². The maximum Gasteiger partial charge on any atom is 0.222 e. The van der Waals surface area contributed by atoms with Crippen molar-refractivity contribution in [3.63, 3.8) is 0 Å². The maximum atomic E-state index is 11.9. The van der Waals surface area contributed by atoms with Crippen LogP contribution in [-0.2, 0) is 11.3 Å². The SMILES string of the molecule is CNCCCC(=O)N(C)Cc1ccc(C(C)C)cc1.Cl. The quantitative estimate of drug-likeness (QED) is 0.784. The van der Waals surface area contributed by atoms with Gasteiger partial charge >= 0.3 is 0 Å². The largest absolute Gasteiger partial charge is 0.341 e. The molecule has 0 atom stereocenters. The van der Waals surface area contributed by atoms with E-state index < -0.39 is 0 Å². The average molecular weight is 299 g/mol. The van der Waals surface area contributed by atoms with E-state index in [0.29, 0.717) is 18.9 Å². The second kappa shape index (κ2) is 9.78. The van der Waals surface area contributed by atoms with Crippen LogP contribution >= 0.6 is 12.4 Å². The first-order chi connectivity index (χ1) is 9.04. The zero-order chi connectivity index (χ0) is 14.3. The van der Waals surface area contributed by atoms with Crippen LogP contribution in [0.3, 0.4) is 0 Å². The van der Waals surface area contributed by atoms with Crippen molar-refractivity contribution in [2.75, 3.05) is 20.6 Å². The molecule has 1 amide bonds. The maximum absolute atomic E-state index is 11.9. The molecule has 0 saturated heterocycles. The molecule has 0 aliphatic heterocycles. The van der Waals surface area contributed by atoms with Gasteiger partial charge in [0, 0.05) is 20.0 Å². The third-order valence-corrected chi connectivity index (χ3v) is 3.31. The van der Waals surface area contributed by atoms with Crippen molar-refractivity contribution in [1.82, 2.24) is 10.2 Å². The van der Waals surface area contributed by atoms with Gasteiger partial charge in [-0.1, -0.05) is 38.1 Å². The molecule has 1 rings (SSSR count). The van der Waals surface area contributed by atoms with Gasteiger partial charge in [0.1, 0.15) is 0 Å². The lowest BCUT2D eigenvalue weighted by Gasteiger charge is -2.17. The van der Waals surface area contributed by atoms with Crippen molar-refractivity contribution in [2.45, 2.75) is 39.2 Å². The number of amides is 1. The highest BCUT2D eigenvalue weighted by molar-refractivity contribution is 5.85. The van der Waals surface area contributed by atoms with Crippen molar-refractivity contribution in [3.05, 3.63) is 35.4 Å². The molecular weight excluding hydrogens is 272 g/mol. The smallest absolute Gasteiger partial charge is 0.222 e. The fourth-order valence-corrected chi connectivity index (χ4v) is 1.98. The van der Waals surface area contributed by atoms with Crippen LogP contribution in [0.4, 0.5) is 0 Å². The van der Waals surface area contributed by atoms with Crippen molar-refractivity contribution in [1.29, 1.82) is 0 Å². The van der Waals surface area contributed by atoms with E-state index in [9.17, 15) is 4.79 Å². The van der Waals surface area contributed by atoms with Crippen LogP contribution in [-0.4, -0.2) is 31.4 Å². The minimum atomic E-state index is 0. The van der Waals surface area contributed by atoms with Crippen LogP contribution < -0.4 is 5.32 Å². The summed E-state index contributed by atoms with van der Waals surface area (Å²) in [6.45, 7) is 5.96. The first-order valence-electron chi connectivity index (χ1n) is 7.02. The molecule has 0 aliphatic carbocycles. The molecule has 1 aromatic rings. The Balaban J connectivity index is 0.00000361. The molecule has 114 valence electrons. The lowest BCUT2D eigenvalue weighted by molar-refractivity contribution is -0.130. The first-order valence-corrected chi connectivity index (χ1v) is 7.02. The van der Waals surface area contributed by atoms with Gasteiger partial charge in [-0.25, -0.2) is 0 Å². The van der Waals surface area contributed by atoms with Crippen LogP contribution in [0.1, 0.15) is 43.7 Å². The standard InChI is InChI=1S/C16H26N2O.ClH/c1-13(2)15-9-7-14(8-10-15)12-18(4)16(19)6-5-11-17-3;/h7-10,13,17H,5-6,11-12H2,1-4H3;1H. The van der Waals surface area contributed by atoms with E-state index in [-0.39, 0.29) is 18.3 Å².